The summed E-state index contributed by atoms with van der Waals surface area (Å²) in [4.78, 5) is 30.0. The summed E-state index contributed by atoms with van der Waals surface area (Å²) < 4.78 is 36.0. The Bertz CT molecular complexity index is 1770. The van der Waals surface area contributed by atoms with Crippen molar-refractivity contribution < 1.29 is 22.7 Å². The van der Waals surface area contributed by atoms with E-state index in [-0.39, 0.29) is 40.2 Å². The summed E-state index contributed by atoms with van der Waals surface area (Å²) in [7, 11) is -2.89. The van der Waals surface area contributed by atoms with Gasteiger partial charge in [-0.15, -0.1) is 0 Å². The number of benzene rings is 4. The highest BCUT2D eigenvalue weighted by Crippen LogP contribution is 2.35. The van der Waals surface area contributed by atoms with Crippen LogP contribution in [0.2, 0.25) is 5.02 Å². The highest BCUT2D eigenvalue weighted by Gasteiger charge is 2.35. The highest BCUT2D eigenvalue weighted by atomic mass is 79.9. The molecule has 0 saturated heterocycles. The van der Waals surface area contributed by atoms with Crippen LogP contribution < -0.4 is 14.4 Å². The zero-order valence-corrected chi connectivity index (χ0v) is 29.8. The summed E-state index contributed by atoms with van der Waals surface area (Å²) in [6.07, 6.45) is 1.89. The van der Waals surface area contributed by atoms with Crippen molar-refractivity contribution in [1.82, 2.24) is 10.2 Å². The molecule has 1 unspecified atom stereocenters. The second kappa shape index (κ2) is 16.8. The van der Waals surface area contributed by atoms with E-state index in [1.165, 1.54) is 30.2 Å². The molecule has 0 heterocycles. The highest BCUT2D eigenvalue weighted by molar-refractivity contribution is 9.10. The number of halogens is 2. The average Bonchev–Trinajstić information content (AvgIpc) is 3.05. The van der Waals surface area contributed by atoms with Gasteiger partial charge in [-0.1, -0.05) is 101 Å². The molecule has 4 aromatic carbocycles. The SMILES string of the molecule is CCCCNC(=O)C(Cc1ccccc1)N(Cc1cccc(Br)c1)C(=O)CN(c1cc(Cl)ccc1OC)S(=O)(=O)c1ccc(C)cc1. The van der Waals surface area contributed by atoms with E-state index in [4.69, 9.17) is 16.3 Å². The minimum absolute atomic E-state index is 0.00499. The maximum absolute atomic E-state index is 14.7. The van der Waals surface area contributed by atoms with E-state index in [9.17, 15) is 18.0 Å². The van der Waals surface area contributed by atoms with E-state index >= 15 is 0 Å². The molecule has 0 aliphatic heterocycles. The van der Waals surface area contributed by atoms with E-state index in [1.807, 2.05) is 68.4 Å². The summed E-state index contributed by atoms with van der Waals surface area (Å²) in [5.41, 5.74) is 2.60. The number of nitrogens with zero attached hydrogens (tertiary/aromatic N) is 2. The van der Waals surface area contributed by atoms with Gasteiger partial charge in [0.05, 0.1) is 17.7 Å². The Labute approximate surface area is 290 Å². The molecule has 0 spiro atoms. The standard InChI is InChI=1S/C36H39BrClN3O5S/c1-4-5-20-39-36(43)33(22-27-10-7-6-8-11-27)40(24-28-12-9-13-29(37)21-28)35(42)25-41(32-23-30(38)16-19-34(32)46-3)47(44,45)31-17-14-26(2)15-18-31/h6-19,21,23,33H,4-5,20,22,24-25H2,1-3H3,(H,39,43). The number of rotatable bonds is 15. The number of hydrogen-bond acceptors (Lipinski definition) is 5. The van der Waals surface area contributed by atoms with Crippen molar-refractivity contribution in [3.8, 4) is 5.75 Å². The molecule has 1 atom stereocenters. The number of amides is 2. The van der Waals surface area contributed by atoms with Crippen LogP contribution in [0, 0.1) is 6.92 Å². The summed E-state index contributed by atoms with van der Waals surface area (Å²) in [6, 6.07) is 26.9. The first kappa shape index (κ1) is 36.0. The first-order valence-electron chi connectivity index (χ1n) is 15.3. The Hall–Kier alpha value is -3.86. The molecule has 0 aliphatic carbocycles. The lowest BCUT2D eigenvalue weighted by Crippen LogP contribution is -2.53. The number of aryl methyl sites for hydroxylation is 1. The second-order valence-corrected chi connectivity index (χ2v) is 14.4. The normalized spacial score (nSPS) is 11.9. The van der Waals surface area contributed by atoms with Crippen LogP contribution in [0.25, 0.3) is 0 Å². The molecule has 11 heteroatoms. The minimum atomic E-state index is -4.31. The van der Waals surface area contributed by atoms with E-state index in [1.54, 1.807) is 24.3 Å². The number of nitrogens with one attached hydrogen (secondary N) is 1. The predicted molar refractivity (Wildman–Crippen MR) is 190 cm³/mol. The van der Waals surface area contributed by atoms with Crippen LogP contribution in [0.4, 0.5) is 5.69 Å². The third-order valence-corrected chi connectivity index (χ3v) is 10.1. The van der Waals surface area contributed by atoms with Crippen molar-refractivity contribution in [1.29, 1.82) is 0 Å². The molecule has 2 amide bonds. The summed E-state index contributed by atoms with van der Waals surface area (Å²) >= 11 is 9.87. The largest absolute Gasteiger partial charge is 0.495 e. The second-order valence-electron chi connectivity index (χ2n) is 11.1. The maximum atomic E-state index is 14.7. The first-order valence-corrected chi connectivity index (χ1v) is 17.9. The van der Waals surface area contributed by atoms with Crippen molar-refractivity contribution >= 4 is 55.1 Å². The lowest BCUT2D eigenvalue weighted by atomic mass is 10.0. The molecule has 1 N–H and O–H groups in total. The summed E-state index contributed by atoms with van der Waals surface area (Å²) in [5, 5.41) is 3.26. The van der Waals surface area contributed by atoms with Gasteiger partial charge in [-0.05, 0) is 66.9 Å². The van der Waals surface area contributed by atoms with Crippen molar-refractivity contribution in [2.75, 3.05) is 24.5 Å². The number of unbranched alkanes of at least 4 members (excludes halogenated alkanes) is 1. The van der Waals surface area contributed by atoms with Gasteiger partial charge in [-0.3, -0.25) is 13.9 Å². The summed E-state index contributed by atoms with van der Waals surface area (Å²) in [5.74, 6) is -0.678. The minimum Gasteiger partial charge on any atom is -0.495 e. The lowest BCUT2D eigenvalue weighted by molar-refractivity contribution is -0.140. The van der Waals surface area contributed by atoms with Gasteiger partial charge in [0.25, 0.3) is 10.0 Å². The van der Waals surface area contributed by atoms with Gasteiger partial charge >= 0.3 is 0 Å². The molecule has 0 aromatic heterocycles. The molecule has 0 saturated carbocycles. The number of carbonyl (C=O) groups is 2. The molecular formula is C36H39BrClN3O5S. The summed E-state index contributed by atoms with van der Waals surface area (Å²) in [6.45, 7) is 3.78. The predicted octanol–water partition coefficient (Wildman–Crippen LogP) is 7.17. The van der Waals surface area contributed by atoms with Gasteiger partial charge in [-0.25, -0.2) is 8.42 Å². The van der Waals surface area contributed by atoms with Crippen LogP contribution >= 0.6 is 27.5 Å². The van der Waals surface area contributed by atoms with Crippen LogP contribution in [0.3, 0.4) is 0 Å². The molecule has 248 valence electrons. The Kier molecular flexibility index (Phi) is 12.9. The van der Waals surface area contributed by atoms with E-state index in [0.29, 0.717) is 6.54 Å². The Morgan fingerprint density at radius 1 is 0.936 bits per heavy atom. The van der Waals surface area contributed by atoms with Gasteiger partial charge in [-0.2, -0.15) is 0 Å². The fourth-order valence-electron chi connectivity index (χ4n) is 5.10. The molecule has 47 heavy (non-hydrogen) atoms. The Morgan fingerprint density at radius 3 is 2.30 bits per heavy atom. The fraction of sp³-hybridized carbons (Fsp3) is 0.278. The van der Waals surface area contributed by atoms with Gasteiger partial charge in [0, 0.05) is 29.0 Å². The van der Waals surface area contributed by atoms with Crippen molar-refractivity contribution in [2.45, 2.75) is 50.6 Å². The monoisotopic (exact) mass is 739 g/mol. The molecule has 4 rings (SSSR count). The van der Waals surface area contributed by atoms with Gasteiger partial charge in [0.1, 0.15) is 18.3 Å². The van der Waals surface area contributed by atoms with Gasteiger partial charge < -0.3 is 15.0 Å². The zero-order valence-electron chi connectivity index (χ0n) is 26.7. The molecule has 0 aliphatic rings. The number of carbonyl (C=O) groups excluding carboxylic acids is 2. The molecule has 8 nitrogen and oxygen atoms in total. The van der Waals surface area contributed by atoms with E-state index in [2.05, 4.69) is 21.2 Å². The van der Waals surface area contributed by atoms with Crippen LogP contribution in [0.5, 0.6) is 5.75 Å². The van der Waals surface area contributed by atoms with Crippen molar-refractivity contribution in [3.05, 3.63) is 123 Å². The smallest absolute Gasteiger partial charge is 0.264 e. The fourth-order valence-corrected chi connectivity index (χ4v) is 7.13. The van der Waals surface area contributed by atoms with E-state index in [0.717, 1.165) is 38.3 Å². The van der Waals surface area contributed by atoms with Crippen LogP contribution in [0.15, 0.2) is 106 Å². The van der Waals surface area contributed by atoms with Crippen LogP contribution in [-0.2, 0) is 32.6 Å². The Morgan fingerprint density at radius 2 is 1.64 bits per heavy atom. The number of hydrogen-bond donors (Lipinski definition) is 1. The van der Waals surface area contributed by atoms with Crippen LogP contribution in [0.1, 0.15) is 36.5 Å². The van der Waals surface area contributed by atoms with Gasteiger partial charge in [0.15, 0.2) is 0 Å². The first-order chi connectivity index (χ1) is 22.5. The lowest BCUT2D eigenvalue weighted by Gasteiger charge is -2.34. The third kappa shape index (κ3) is 9.59. The van der Waals surface area contributed by atoms with Crippen LogP contribution in [-0.4, -0.2) is 51.4 Å². The molecular weight excluding hydrogens is 702 g/mol. The van der Waals surface area contributed by atoms with E-state index < -0.39 is 28.5 Å². The molecule has 0 fully saturated rings. The number of ether oxygens (including phenoxy) is 1. The number of methoxy groups -OCH3 is 1. The molecule has 0 radical (unpaired) electrons. The quantitative estimate of drug-likeness (QED) is 0.131. The molecule has 0 bridgehead atoms. The average molecular weight is 741 g/mol. The topological polar surface area (TPSA) is 96.0 Å². The van der Waals surface area contributed by atoms with Crippen molar-refractivity contribution in [3.63, 3.8) is 0 Å². The van der Waals surface area contributed by atoms with Gasteiger partial charge in [0.2, 0.25) is 11.8 Å². The maximum Gasteiger partial charge on any atom is 0.264 e. The Balaban J connectivity index is 1.84. The van der Waals surface area contributed by atoms with Crippen molar-refractivity contribution in [2.24, 2.45) is 0 Å². The molecule has 4 aromatic rings. The number of sulfonamides is 1. The zero-order chi connectivity index (χ0) is 34.0. The third-order valence-electron chi connectivity index (χ3n) is 7.64. The number of anilines is 1.